The van der Waals surface area contributed by atoms with E-state index in [0.29, 0.717) is 12.5 Å². The lowest BCUT2D eigenvalue weighted by Gasteiger charge is -2.23. The molecule has 2 N–H and O–H groups in total. The predicted octanol–water partition coefficient (Wildman–Crippen LogP) is 2.88. The molecule has 5 nitrogen and oxygen atoms in total. The summed E-state index contributed by atoms with van der Waals surface area (Å²) in [6.45, 7) is 6.84. The Morgan fingerprint density at radius 2 is 2.11 bits per heavy atom. The fourth-order valence-electron chi connectivity index (χ4n) is 1.66. The van der Waals surface area contributed by atoms with Crippen molar-refractivity contribution in [2.24, 2.45) is 0 Å². The number of ether oxygens (including phenoxy) is 1. The summed E-state index contributed by atoms with van der Waals surface area (Å²) in [7, 11) is 3.54. The molecule has 0 bridgehead atoms. The van der Waals surface area contributed by atoms with E-state index in [2.05, 4.69) is 33.6 Å². The number of thiophene rings is 1. The van der Waals surface area contributed by atoms with Gasteiger partial charge in [-0.1, -0.05) is 0 Å². The van der Waals surface area contributed by atoms with E-state index in [9.17, 15) is 0 Å². The van der Waals surface area contributed by atoms with Crippen LogP contribution < -0.4 is 10.6 Å². The van der Waals surface area contributed by atoms with Gasteiger partial charge in [0.15, 0.2) is 0 Å². The van der Waals surface area contributed by atoms with Crippen LogP contribution in [0, 0.1) is 6.92 Å². The predicted molar refractivity (Wildman–Crippen MR) is 81.3 cm³/mol. The Hall–Kier alpha value is -1.40. The maximum Gasteiger partial charge on any atom is 0.225 e. The van der Waals surface area contributed by atoms with Crippen LogP contribution in [0.1, 0.15) is 18.7 Å². The van der Waals surface area contributed by atoms with E-state index in [1.165, 1.54) is 4.88 Å². The van der Waals surface area contributed by atoms with E-state index in [1.54, 1.807) is 18.4 Å². The highest BCUT2D eigenvalue weighted by Crippen LogP contribution is 2.29. The summed E-state index contributed by atoms with van der Waals surface area (Å²) in [5, 5.41) is 7.41. The van der Waals surface area contributed by atoms with Crippen molar-refractivity contribution in [2.45, 2.75) is 26.4 Å². The van der Waals surface area contributed by atoms with Crippen molar-refractivity contribution in [2.75, 3.05) is 31.3 Å². The Kier molecular flexibility index (Phi) is 3.91. The van der Waals surface area contributed by atoms with Gasteiger partial charge in [0.2, 0.25) is 5.95 Å². The standard InChI is InChI=1S/C13H20N4OS/c1-8-6-9-10(15-7-13(2,3)18-5)16-12(14-4)17-11(9)19-8/h6H,7H2,1-5H3,(H2,14,15,16,17). The van der Waals surface area contributed by atoms with Crippen LogP contribution in [0.15, 0.2) is 6.07 Å². The molecule has 2 rings (SSSR count). The second-order valence-corrected chi connectivity index (χ2v) is 6.27. The molecule has 0 saturated carbocycles. The van der Waals surface area contributed by atoms with Crippen molar-refractivity contribution >= 4 is 33.3 Å². The zero-order chi connectivity index (χ0) is 14.0. The first-order valence-corrected chi connectivity index (χ1v) is 7.02. The van der Waals surface area contributed by atoms with Crippen molar-refractivity contribution in [1.82, 2.24) is 9.97 Å². The third-order valence-electron chi connectivity index (χ3n) is 2.97. The highest BCUT2D eigenvalue weighted by molar-refractivity contribution is 7.18. The summed E-state index contributed by atoms with van der Waals surface area (Å²) in [6, 6.07) is 2.11. The molecule has 0 radical (unpaired) electrons. The molecule has 0 fully saturated rings. The quantitative estimate of drug-likeness (QED) is 0.882. The van der Waals surface area contributed by atoms with Gasteiger partial charge in [-0.15, -0.1) is 11.3 Å². The summed E-state index contributed by atoms with van der Waals surface area (Å²) in [5.74, 6) is 1.48. The molecular formula is C13H20N4OS. The molecule has 0 aliphatic carbocycles. The largest absolute Gasteiger partial charge is 0.377 e. The van der Waals surface area contributed by atoms with Gasteiger partial charge in [-0.05, 0) is 26.8 Å². The summed E-state index contributed by atoms with van der Waals surface area (Å²) in [4.78, 5) is 11.2. The van der Waals surface area contributed by atoms with Crippen molar-refractivity contribution < 1.29 is 4.74 Å². The third-order valence-corrected chi connectivity index (χ3v) is 3.92. The number of rotatable bonds is 5. The Bertz CT molecular complexity index is 579. The van der Waals surface area contributed by atoms with Crippen LogP contribution >= 0.6 is 11.3 Å². The minimum atomic E-state index is -0.234. The van der Waals surface area contributed by atoms with Gasteiger partial charge in [0.05, 0.1) is 11.0 Å². The van der Waals surface area contributed by atoms with Crippen LogP contribution in [0.4, 0.5) is 11.8 Å². The molecule has 6 heteroatoms. The summed E-state index contributed by atoms with van der Waals surface area (Å²) in [6.07, 6.45) is 0. The number of hydrogen-bond acceptors (Lipinski definition) is 6. The van der Waals surface area contributed by atoms with Crippen molar-refractivity contribution in [3.8, 4) is 0 Å². The summed E-state index contributed by atoms with van der Waals surface area (Å²) in [5.41, 5.74) is -0.234. The van der Waals surface area contributed by atoms with E-state index in [-0.39, 0.29) is 5.60 Å². The van der Waals surface area contributed by atoms with Crippen molar-refractivity contribution in [3.63, 3.8) is 0 Å². The summed E-state index contributed by atoms with van der Waals surface area (Å²) < 4.78 is 5.41. The number of methoxy groups -OCH3 is 1. The van der Waals surface area contributed by atoms with Crippen LogP contribution in [0.25, 0.3) is 10.2 Å². The molecule has 2 heterocycles. The number of nitrogens with zero attached hydrogens (tertiary/aromatic N) is 2. The highest BCUT2D eigenvalue weighted by Gasteiger charge is 2.18. The topological polar surface area (TPSA) is 59.1 Å². The normalized spacial score (nSPS) is 11.8. The van der Waals surface area contributed by atoms with Gasteiger partial charge in [0.25, 0.3) is 0 Å². The first-order valence-electron chi connectivity index (χ1n) is 6.20. The Morgan fingerprint density at radius 1 is 1.37 bits per heavy atom. The average molecular weight is 280 g/mol. The second kappa shape index (κ2) is 5.30. The van der Waals surface area contributed by atoms with Gasteiger partial charge in [-0.25, -0.2) is 4.98 Å². The number of hydrogen-bond donors (Lipinski definition) is 2. The maximum absolute atomic E-state index is 5.41. The van der Waals surface area contributed by atoms with Crippen LogP contribution in [-0.2, 0) is 4.74 Å². The Balaban J connectivity index is 2.35. The molecule has 0 spiro atoms. The van der Waals surface area contributed by atoms with Gasteiger partial charge in [0.1, 0.15) is 10.6 Å². The van der Waals surface area contributed by atoms with Gasteiger partial charge in [0, 0.05) is 25.6 Å². The van der Waals surface area contributed by atoms with E-state index < -0.39 is 0 Å². The number of anilines is 2. The highest BCUT2D eigenvalue weighted by atomic mass is 32.1. The maximum atomic E-state index is 5.41. The lowest BCUT2D eigenvalue weighted by atomic mass is 10.1. The molecule has 0 atom stereocenters. The SMILES string of the molecule is CNc1nc(NCC(C)(C)OC)c2cc(C)sc2n1. The Morgan fingerprint density at radius 3 is 2.74 bits per heavy atom. The molecule has 2 aromatic rings. The molecule has 0 amide bonds. The molecule has 19 heavy (non-hydrogen) atoms. The van der Waals surface area contributed by atoms with Gasteiger partial charge in [-0.3, -0.25) is 0 Å². The minimum Gasteiger partial charge on any atom is -0.377 e. The summed E-state index contributed by atoms with van der Waals surface area (Å²) >= 11 is 1.67. The second-order valence-electron chi connectivity index (χ2n) is 5.04. The minimum absolute atomic E-state index is 0.234. The smallest absolute Gasteiger partial charge is 0.225 e. The van der Waals surface area contributed by atoms with E-state index in [0.717, 1.165) is 16.0 Å². The molecule has 0 aromatic carbocycles. The molecule has 2 aromatic heterocycles. The van der Waals surface area contributed by atoms with E-state index >= 15 is 0 Å². The van der Waals surface area contributed by atoms with Gasteiger partial charge in [-0.2, -0.15) is 4.98 Å². The average Bonchev–Trinajstić information content (AvgIpc) is 2.76. The zero-order valence-corrected chi connectivity index (χ0v) is 12.8. The monoisotopic (exact) mass is 280 g/mol. The van der Waals surface area contributed by atoms with Crippen LogP contribution in [0.5, 0.6) is 0 Å². The first kappa shape index (κ1) is 14.0. The number of nitrogens with one attached hydrogen (secondary N) is 2. The molecule has 0 unspecified atom stereocenters. The first-order chi connectivity index (χ1) is 8.95. The molecule has 0 aliphatic heterocycles. The number of fused-ring (bicyclic) bond motifs is 1. The van der Waals surface area contributed by atoms with Crippen molar-refractivity contribution in [1.29, 1.82) is 0 Å². The molecule has 0 aliphatic rings. The number of aryl methyl sites for hydroxylation is 1. The lowest BCUT2D eigenvalue weighted by molar-refractivity contribution is 0.0343. The van der Waals surface area contributed by atoms with Crippen LogP contribution in [-0.4, -0.2) is 36.3 Å². The van der Waals surface area contributed by atoms with Gasteiger partial charge < -0.3 is 15.4 Å². The number of aromatic nitrogens is 2. The van der Waals surface area contributed by atoms with Crippen LogP contribution in [0.3, 0.4) is 0 Å². The molecular weight excluding hydrogens is 260 g/mol. The lowest BCUT2D eigenvalue weighted by Crippen LogP contribution is -2.32. The molecule has 0 saturated heterocycles. The fraction of sp³-hybridized carbons (Fsp3) is 0.538. The zero-order valence-electron chi connectivity index (χ0n) is 12.0. The van der Waals surface area contributed by atoms with E-state index in [4.69, 9.17) is 4.74 Å². The van der Waals surface area contributed by atoms with Crippen molar-refractivity contribution in [3.05, 3.63) is 10.9 Å². The third kappa shape index (κ3) is 3.13. The van der Waals surface area contributed by atoms with E-state index in [1.807, 2.05) is 20.9 Å². The van der Waals surface area contributed by atoms with Crippen LogP contribution in [0.2, 0.25) is 0 Å². The Labute approximate surface area is 117 Å². The van der Waals surface area contributed by atoms with Gasteiger partial charge >= 0.3 is 0 Å². The molecule has 104 valence electrons. The fourth-order valence-corrected chi connectivity index (χ4v) is 2.54.